The third-order valence-electron chi connectivity index (χ3n) is 10.3. The minimum atomic E-state index is 0.905. The predicted octanol–water partition coefficient (Wildman–Crippen LogP) is 12.6. The van der Waals surface area contributed by atoms with Crippen LogP contribution in [-0.2, 0) is 0 Å². The third-order valence-corrected chi connectivity index (χ3v) is 10.3. The summed E-state index contributed by atoms with van der Waals surface area (Å²) in [6.45, 7) is 0. The largest absolute Gasteiger partial charge is 0.456 e. The maximum Gasteiger partial charge on any atom is 0.135 e. The maximum absolute atomic E-state index is 6.21. The molecule has 0 atom stereocenters. The molecule has 0 aliphatic rings. The summed E-state index contributed by atoms with van der Waals surface area (Å²) in [6.07, 6.45) is 0. The van der Waals surface area contributed by atoms with Crippen LogP contribution in [0.4, 0.5) is 0 Å². The SMILES string of the molecule is c1ccc(-n2c3ccccc3c3cc(-c4ccc5c(c4)c4ccc6ccccc6c4n5-c4ccc5oc6ccccc6c5c4)ccc32)cc1. The minimum Gasteiger partial charge on any atom is -0.456 e. The highest BCUT2D eigenvalue weighted by Crippen LogP contribution is 2.41. The van der Waals surface area contributed by atoms with Crippen molar-refractivity contribution in [1.82, 2.24) is 9.13 Å². The van der Waals surface area contributed by atoms with Gasteiger partial charge in [0.25, 0.3) is 0 Å². The van der Waals surface area contributed by atoms with Gasteiger partial charge in [0.05, 0.1) is 22.1 Å². The van der Waals surface area contributed by atoms with E-state index < -0.39 is 0 Å². The van der Waals surface area contributed by atoms with Crippen molar-refractivity contribution >= 4 is 76.3 Å². The van der Waals surface area contributed by atoms with Gasteiger partial charge in [0.1, 0.15) is 11.2 Å². The van der Waals surface area contributed by atoms with Crippen molar-refractivity contribution in [2.75, 3.05) is 0 Å². The minimum absolute atomic E-state index is 0.905. The number of hydrogen-bond acceptors (Lipinski definition) is 1. The second-order valence-corrected chi connectivity index (χ2v) is 12.9. The van der Waals surface area contributed by atoms with Crippen LogP contribution in [0, 0.1) is 0 Å². The van der Waals surface area contributed by atoms with E-state index in [9.17, 15) is 0 Å². The first-order chi connectivity index (χ1) is 24.3. The van der Waals surface area contributed by atoms with Crippen LogP contribution >= 0.6 is 0 Å². The molecule has 0 radical (unpaired) electrons. The first-order valence-corrected chi connectivity index (χ1v) is 16.8. The van der Waals surface area contributed by atoms with Crippen molar-refractivity contribution in [2.45, 2.75) is 0 Å². The van der Waals surface area contributed by atoms with E-state index in [-0.39, 0.29) is 0 Å². The number of furan rings is 1. The molecule has 3 heteroatoms. The molecule has 3 nitrogen and oxygen atoms in total. The van der Waals surface area contributed by atoms with Crippen LogP contribution < -0.4 is 0 Å². The molecular weight excluding hydrogens is 597 g/mol. The Balaban J connectivity index is 1.16. The Bertz CT molecular complexity index is 3100. The smallest absolute Gasteiger partial charge is 0.135 e. The van der Waals surface area contributed by atoms with E-state index in [0.29, 0.717) is 0 Å². The van der Waals surface area contributed by atoms with Crippen molar-refractivity contribution in [2.24, 2.45) is 0 Å². The molecule has 0 unspecified atom stereocenters. The van der Waals surface area contributed by atoms with Crippen LogP contribution in [0.1, 0.15) is 0 Å². The van der Waals surface area contributed by atoms with Crippen LogP contribution in [0.15, 0.2) is 174 Å². The molecule has 3 heterocycles. The number of fused-ring (bicyclic) bond motifs is 11. The fraction of sp³-hybridized carbons (Fsp3) is 0. The molecule has 49 heavy (non-hydrogen) atoms. The average molecular weight is 625 g/mol. The van der Waals surface area contributed by atoms with Gasteiger partial charge >= 0.3 is 0 Å². The molecule has 11 rings (SSSR count). The Morgan fingerprint density at radius 3 is 1.80 bits per heavy atom. The molecule has 0 aliphatic carbocycles. The summed E-state index contributed by atoms with van der Waals surface area (Å²) in [5.74, 6) is 0. The van der Waals surface area contributed by atoms with E-state index in [1.54, 1.807) is 0 Å². The van der Waals surface area contributed by atoms with Gasteiger partial charge in [-0.1, -0.05) is 103 Å². The maximum atomic E-state index is 6.21. The normalized spacial score (nSPS) is 12.1. The molecule has 0 amide bonds. The van der Waals surface area contributed by atoms with Crippen LogP contribution in [0.2, 0.25) is 0 Å². The number of rotatable bonds is 3. The average Bonchev–Trinajstić information content (AvgIpc) is 3.82. The summed E-state index contributed by atoms with van der Waals surface area (Å²) < 4.78 is 11.0. The van der Waals surface area contributed by atoms with Crippen LogP contribution in [0.3, 0.4) is 0 Å². The molecule has 0 saturated heterocycles. The molecular formula is C46H28N2O. The number of aromatic nitrogens is 2. The lowest BCUT2D eigenvalue weighted by Gasteiger charge is -2.10. The summed E-state index contributed by atoms with van der Waals surface area (Å²) in [7, 11) is 0. The third kappa shape index (κ3) is 3.78. The lowest BCUT2D eigenvalue weighted by Crippen LogP contribution is -1.94. The van der Waals surface area contributed by atoms with Crippen LogP contribution in [0.5, 0.6) is 0 Å². The lowest BCUT2D eigenvalue weighted by atomic mass is 10.00. The summed E-state index contributed by atoms with van der Waals surface area (Å²) in [6, 6.07) is 61.4. The Hall–Kier alpha value is -6.58. The monoisotopic (exact) mass is 624 g/mol. The fourth-order valence-electron chi connectivity index (χ4n) is 8.09. The molecule has 228 valence electrons. The summed E-state index contributed by atoms with van der Waals surface area (Å²) in [4.78, 5) is 0. The van der Waals surface area contributed by atoms with E-state index in [1.165, 1.54) is 71.2 Å². The molecule has 11 aromatic rings. The molecule has 0 aliphatic heterocycles. The first-order valence-electron chi connectivity index (χ1n) is 16.8. The Morgan fingerprint density at radius 1 is 0.327 bits per heavy atom. The molecule has 0 saturated carbocycles. The van der Waals surface area contributed by atoms with Crippen LogP contribution in [0.25, 0.3) is 98.8 Å². The van der Waals surface area contributed by atoms with Gasteiger partial charge in [0.2, 0.25) is 0 Å². The van der Waals surface area contributed by atoms with Gasteiger partial charge in [0, 0.05) is 49.1 Å². The van der Waals surface area contributed by atoms with Gasteiger partial charge in [-0.15, -0.1) is 0 Å². The molecule has 3 aromatic heterocycles. The van der Waals surface area contributed by atoms with E-state index in [2.05, 4.69) is 167 Å². The Labute approximate surface area is 281 Å². The number of benzene rings is 8. The van der Waals surface area contributed by atoms with E-state index in [1.807, 2.05) is 12.1 Å². The molecule has 8 aromatic carbocycles. The molecule has 0 spiro atoms. The quantitative estimate of drug-likeness (QED) is 0.192. The van der Waals surface area contributed by atoms with Crippen LogP contribution in [-0.4, -0.2) is 9.13 Å². The van der Waals surface area contributed by atoms with Crippen molar-refractivity contribution in [1.29, 1.82) is 0 Å². The number of hydrogen-bond donors (Lipinski definition) is 0. The number of nitrogens with zero attached hydrogens (tertiary/aromatic N) is 2. The van der Waals surface area contributed by atoms with Gasteiger partial charge in [-0.2, -0.15) is 0 Å². The molecule has 0 bridgehead atoms. The Morgan fingerprint density at radius 2 is 0.959 bits per heavy atom. The first kappa shape index (κ1) is 26.5. The highest BCUT2D eigenvalue weighted by Gasteiger charge is 2.18. The number of para-hydroxylation sites is 3. The standard InChI is InChI=1S/C46H28N2O/c1-2-11-32(12-3-1)47-41-16-8-6-14-35(41)38-26-30(19-23-42(38)47)31-20-24-43-39(27-31)37-22-18-29-10-4-5-13-34(29)46(37)48(43)33-21-25-45-40(28-33)36-15-7-9-17-44(36)49-45/h1-28H. The highest BCUT2D eigenvalue weighted by atomic mass is 16.3. The topological polar surface area (TPSA) is 23.0 Å². The summed E-state index contributed by atoms with van der Waals surface area (Å²) >= 11 is 0. The lowest BCUT2D eigenvalue weighted by molar-refractivity contribution is 0.669. The predicted molar refractivity (Wildman–Crippen MR) is 205 cm³/mol. The van der Waals surface area contributed by atoms with E-state index >= 15 is 0 Å². The summed E-state index contributed by atoms with van der Waals surface area (Å²) in [5, 5.41) is 9.73. The van der Waals surface area contributed by atoms with Gasteiger partial charge in [-0.3, -0.25) is 0 Å². The second kappa shape index (κ2) is 9.96. The molecule has 0 N–H and O–H groups in total. The van der Waals surface area contributed by atoms with Gasteiger partial charge in [-0.25, -0.2) is 0 Å². The van der Waals surface area contributed by atoms with E-state index in [0.717, 1.165) is 27.6 Å². The summed E-state index contributed by atoms with van der Waals surface area (Å²) in [5.41, 5.74) is 11.4. The molecule has 0 fully saturated rings. The van der Waals surface area contributed by atoms with Gasteiger partial charge in [-0.05, 0) is 83.2 Å². The fourth-order valence-corrected chi connectivity index (χ4v) is 8.09. The van der Waals surface area contributed by atoms with Gasteiger partial charge < -0.3 is 13.6 Å². The van der Waals surface area contributed by atoms with Crippen molar-refractivity contribution in [3.05, 3.63) is 170 Å². The zero-order chi connectivity index (χ0) is 32.1. The van der Waals surface area contributed by atoms with Gasteiger partial charge in [0.15, 0.2) is 0 Å². The van der Waals surface area contributed by atoms with Crippen molar-refractivity contribution in [3.63, 3.8) is 0 Å². The zero-order valence-electron chi connectivity index (χ0n) is 26.5. The highest BCUT2D eigenvalue weighted by molar-refractivity contribution is 6.20. The Kier molecular flexibility index (Phi) is 5.38. The van der Waals surface area contributed by atoms with Crippen molar-refractivity contribution in [3.8, 4) is 22.5 Å². The second-order valence-electron chi connectivity index (χ2n) is 12.9. The zero-order valence-corrected chi connectivity index (χ0v) is 26.5. The van der Waals surface area contributed by atoms with E-state index in [4.69, 9.17) is 4.42 Å². The van der Waals surface area contributed by atoms with Crippen molar-refractivity contribution < 1.29 is 4.42 Å².